The SMILES string of the molecule is NCC(F)(F)Sc1cccc(F)c1. The molecule has 1 aromatic rings. The van der Waals surface area contributed by atoms with Crippen LogP contribution in [0.5, 0.6) is 0 Å². The third-order valence-electron chi connectivity index (χ3n) is 1.30. The number of halogens is 3. The van der Waals surface area contributed by atoms with E-state index in [-0.39, 0.29) is 16.7 Å². The van der Waals surface area contributed by atoms with Gasteiger partial charge in [0.25, 0.3) is 0 Å². The molecule has 0 radical (unpaired) electrons. The van der Waals surface area contributed by atoms with Crippen molar-refractivity contribution in [3.63, 3.8) is 0 Å². The first-order valence-electron chi connectivity index (χ1n) is 3.56. The predicted molar refractivity (Wildman–Crippen MR) is 46.3 cm³/mol. The van der Waals surface area contributed by atoms with E-state index >= 15 is 0 Å². The van der Waals surface area contributed by atoms with E-state index < -0.39 is 17.6 Å². The highest BCUT2D eigenvalue weighted by atomic mass is 32.2. The van der Waals surface area contributed by atoms with Crippen molar-refractivity contribution in [2.24, 2.45) is 5.73 Å². The zero-order valence-corrected chi connectivity index (χ0v) is 7.45. The Kier molecular flexibility index (Phi) is 3.22. The molecule has 0 aromatic heterocycles. The second kappa shape index (κ2) is 4.02. The average molecular weight is 207 g/mol. The molecule has 0 saturated carbocycles. The van der Waals surface area contributed by atoms with Crippen molar-refractivity contribution in [1.29, 1.82) is 0 Å². The fraction of sp³-hybridized carbons (Fsp3) is 0.250. The molecule has 0 atom stereocenters. The first kappa shape index (κ1) is 10.4. The molecule has 0 fully saturated rings. The quantitative estimate of drug-likeness (QED) is 0.770. The Morgan fingerprint density at radius 3 is 2.62 bits per heavy atom. The normalized spacial score (nSPS) is 11.7. The highest BCUT2D eigenvalue weighted by Crippen LogP contribution is 2.34. The van der Waals surface area contributed by atoms with E-state index in [2.05, 4.69) is 0 Å². The second-order valence-corrected chi connectivity index (χ2v) is 3.67. The van der Waals surface area contributed by atoms with Gasteiger partial charge in [-0.3, -0.25) is 0 Å². The minimum Gasteiger partial charge on any atom is -0.324 e. The van der Waals surface area contributed by atoms with Crippen molar-refractivity contribution < 1.29 is 13.2 Å². The molecule has 1 rings (SSSR count). The van der Waals surface area contributed by atoms with E-state index in [1.807, 2.05) is 0 Å². The fourth-order valence-corrected chi connectivity index (χ4v) is 1.49. The Labute approximate surface area is 78.1 Å². The van der Waals surface area contributed by atoms with Crippen molar-refractivity contribution in [2.45, 2.75) is 10.2 Å². The van der Waals surface area contributed by atoms with Crippen LogP contribution >= 0.6 is 11.8 Å². The van der Waals surface area contributed by atoms with Crippen molar-refractivity contribution in [3.8, 4) is 0 Å². The molecule has 0 saturated heterocycles. The lowest BCUT2D eigenvalue weighted by molar-refractivity contribution is 0.116. The Balaban J connectivity index is 2.74. The van der Waals surface area contributed by atoms with Gasteiger partial charge in [0.05, 0.1) is 6.54 Å². The smallest absolute Gasteiger partial charge is 0.310 e. The van der Waals surface area contributed by atoms with Gasteiger partial charge in [-0.05, 0) is 18.2 Å². The van der Waals surface area contributed by atoms with E-state index in [9.17, 15) is 13.2 Å². The van der Waals surface area contributed by atoms with E-state index in [1.165, 1.54) is 18.2 Å². The largest absolute Gasteiger partial charge is 0.324 e. The van der Waals surface area contributed by atoms with Crippen LogP contribution in [0.1, 0.15) is 0 Å². The molecular weight excluding hydrogens is 199 g/mol. The standard InChI is InChI=1S/C8H8F3NS/c9-6-2-1-3-7(4-6)13-8(10,11)5-12/h1-4H,5,12H2. The Bertz CT molecular complexity index is 290. The zero-order valence-electron chi connectivity index (χ0n) is 6.64. The van der Waals surface area contributed by atoms with E-state index in [0.717, 1.165) is 6.07 Å². The molecule has 0 aliphatic rings. The molecule has 2 N–H and O–H groups in total. The molecule has 1 aromatic carbocycles. The van der Waals surface area contributed by atoms with Gasteiger partial charge in [-0.15, -0.1) is 0 Å². The average Bonchev–Trinajstić information content (AvgIpc) is 2.03. The van der Waals surface area contributed by atoms with E-state index in [1.54, 1.807) is 0 Å². The number of alkyl halides is 2. The molecule has 0 unspecified atom stereocenters. The number of hydrogen-bond acceptors (Lipinski definition) is 2. The maximum absolute atomic E-state index is 12.7. The molecule has 0 aliphatic carbocycles. The molecule has 0 heterocycles. The van der Waals surface area contributed by atoms with Crippen molar-refractivity contribution in [3.05, 3.63) is 30.1 Å². The van der Waals surface area contributed by atoms with Crippen LogP contribution in [0.15, 0.2) is 29.2 Å². The van der Waals surface area contributed by atoms with E-state index in [4.69, 9.17) is 5.73 Å². The highest BCUT2D eigenvalue weighted by Gasteiger charge is 2.28. The molecule has 5 heteroatoms. The van der Waals surface area contributed by atoms with Crippen LogP contribution in [-0.2, 0) is 0 Å². The van der Waals surface area contributed by atoms with Gasteiger partial charge in [0.1, 0.15) is 5.82 Å². The molecule has 72 valence electrons. The minimum atomic E-state index is -3.03. The van der Waals surface area contributed by atoms with Crippen molar-refractivity contribution in [2.75, 3.05) is 6.54 Å². The first-order valence-corrected chi connectivity index (χ1v) is 4.37. The van der Waals surface area contributed by atoms with Gasteiger partial charge in [0.15, 0.2) is 0 Å². The van der Waals surface area contributed by atoms with Crippen LogP contribution in [0.2, 0.25) is 0 Å². The number of hydrogen-bond donors (Lipinski definition) is 1. The second-order valence-electron chi connectivity index (χ2n) is 2.40. The summed E-state index contributed by atoms with van der Waals surface area (Å²) >= 11 is 0.262. The monoisotopic (exact) mass is 207 g/mol. The number of benzene rings is 1. The van der Waals surface area contributed by atoms with Gasteiger partial charge in [0, 0.05) is 4.90 Å². The molecule has 0 aliphatic heterocycles. The predicted octanol–water partition coefficient (Wildman–Crippen LogP) is 2.47. The lowest BCUT2D eigenvalue weighted by atomic mass is 10.4. The molecule has 0 bridgehead atoms. The van der Waals surface area contributed by atoms with Gasteiger partial charge in [-0.1, -0.05) is 17.8 Å². The van der Waals surface area contributed by atoms with Gasteiger partial charge in [-0.2, -0.15) is 8.78 Å². The van der Waals surface area contributed by atoms with E-state index in [0.29, 0.717) is 0 Å². The molecular formula is C8H8F3NS. The zero-order chi connectivity index (χ0) is 9.90. The highest BCUT2D eigenvalue weighted by molar-refractivity contribution is 8.00. The fourth-order valence-electron chi connectivity index (χ4n) is 0.745. The van der Waals surface area contributed by atoms with Gasteiger partial charge < -0.3 is 5.73 Å². The third-order valence-corrected chi connectivity index (χ3v) is 2.26. The number of thioether (sulfide) groups is 1. The number of nitrogens with two attached hydrogens (primary N) is 1. The van der Waals surface area contributed by atoms with Crippen LogP contribution in [-0.4, -0.2) is 11.8 Å². The first-order chi connectivity index (χ1) is 6.03. The molecule has 1 nitrogen and oxygen atoms in total. The van der Waals surface area contributed by atoms with Gasteiger partial charge >= 0.3 is 5.25 Å². The van der Waals surface area contributed by atoms with Gasteiger partial charge in [0.2, 0.25) is 0 Å². The Morgan fingerprint density at radius 2 is 2.08 bits per heavy atom. The lowest BCUT2D eigenvalue weighted by Crippen LogP contribution is -2.23. The van der Waals surface area contributed by atoms with Crippen LogP contribution in [0.3, 0.4) is 0 Å². The summed E-state index contributed by atoms with van der Waals surface area (Å²) in [6.45, 7) is -0.756. The van der Waals surface area contributed by atoms with Crippen LogP contribution in [0.25, 0.3) is 0 Å². The summed E-state index contributed by atoms with van der Waals surface area (Å²) in [6, 6.07) is 5.04. The summed E-state index contributed by atoms with van der Waals surface area (Å²) in [5.41, 5.74) is 4.83. The molecule has 13 heavy (non-hydrogen) atoms. The lowest BCUT2D eigenvalue weighted by Gasteiger charge is -2.12. The summed E-state index contributed by atoms with van der Waals surface area (Å²) in [5.74, 6) is -0.530. The topological polar surface area (TPSA) is 26.0 Å². The minimum absolute atomic E-state index is 0.176. The maximum Gasteiger partial charge on any atom is 0.310 e. The summed E-state index contributed by atoms with van der Waals surface area (Å²) < 4.78 is 37.9. The summed E-state index contributed by atoms with van der Waals surface area (Å²) in [6.07, 6.45) is 0. The summed E-state index contributed by atoms with van der Waals surface area (Å²) in [5, 5.41) is -3.03. The summed E-state index contributed by atoms with van der Waals surface area (Å²) in [7, 11) is 0. The number of rotatable bonds is 3. The Hall–Kier alpha value is -0.680. The maximum atomic E-state index is 12.7. The Morgan fingerprint density at radius 1 is 1.38 bits per heavy atom. The molecule has 0 spiro atoms. The van der Waals surface area contributed by atoms with Crippen LogP contribution in [0.4, 0.5) is 13.2 Å². The van der Waals surface area contributed by atoms with Gasteiger partial charge in [-0.25, -0.2) is 4.39 Å². The molecule has 0 amide bonds. The van der Waals surface area contributed by atoms with Crippen LogP contribution < -0.4 is 5.73 Å². The summed E-state index contributed by atoms with van der Waals surface area (Å²) in [4.78, 5) is 0.176. The third kappa shape index (κ3) is 3.28. The van der Waals surface area contributed by atoms with Crippen molar-refractivity contribution >= 4 is 11.8 Å². The van der Waals surface area contributed by atoms with Crippen molar-refractivity contribution in [1.82, 2.24) is 0 Å². The van der Waals surface area contributed by atoms with Crippen LogP contribution in [0, 0.1) is 5.82 Å².